The number of aryl methyl sites for hydroxylation is 2. The first kappa shape index (κ1) is 24.5. The molecule has 2 amide bonds. The van der Waals surface area contributed by atoms with Gasteiger partial charge in [0.05, 0.1) is 5.41 Å². The van der Waals surface area contributed by atoms with Gasteiger partial charge < -0.3 is 21.3 Å². The summed E-state index contributed by atoms with van der Waals surface area (Å²) >= 11 is 0. The van der Waals surface area contributed by atoms with E-state index in [4.69, 9.17) is 11.5 Å². The molecule has 1 aliphatic carbocycles. The smallest absolute Gasteiger partial charge is 0.253 e. The van der Waals surface area contributed by atoms with Crippen LogP contribution in [0.5, 0.6) is 0 Å². The molecule has 33 heavy (non-hydrogen) atoms. The third kappa shape index (κ3) is 4.37. The Balaban J connectivity index is 2.32. The summed E-state index contributed by atoms with van der Waals surface area (Å²) < 4.78 is 0. The number of nitrogens with two attached hydrogens (primary N) is 2. The van der Waals surface area contributed by atoms with Crippen LogP contribution in [0.15, 0.2) is 41.4 Å². The number of hydrogen-bond acceptors (Lipinski definition) is 4. The Morgan fingerprint density at radius 3 is 1.70 bits per heavy atom. The van der Waals surface area contributed by atoms with Crippen LogP contribution in [0.2, 0.25) is 0 Å². The van der Waals surface area contributed by atoms with Crippen molar-refractivity contribution >= 4 is 17.6 Å². The summed E-state index contributed by atoms with van der Waals surface area (Å²) in [6.45, 7) is 1.96. The van der Waals surface area contributed by atoms with Crippen molar-refractivity contribution in [3.05, 3.63) is 69.8 Å². The highest BCUT2D eigenvalue weighted by Crippen LogP contribution is 2.44. The Morgan fingerprint density at radius 1 is 0.939 bits per heavy atom. The van der Waals surface area contributed by atoms with Crippen molar-refractivity contribution in [3.8, 4) is 0 Å². The van der Waals surface area contributed by atoms with Gasteiger partial charge in [0.15, 0.2) is 0 Å². The van der Waals surface area contributed by atoms with Crippen LogP contribution < -0.4 is 11.5 Å². The van der Waals surface area contributed by atoms with E-state index in [1.165, 1.54) is 0 Å². The molecule has 3 rings (SSSR count). The molecule has 176 valence electrons. The number of hydrogen-bond donors (Lipinski definition) is 2. The summed E-state index contributed by atoms with van der Waals surface area (Å²) in [5, 5.41) is 0. The Labute approximate surface area is 196 Å². The third-order valence-corrected chi connectivity index (χ3v) is 6.41. The summed E-state index contributed by atoms with van der Waals surface area (Å²) in [5.41, 5.74) is 17.7. The van der Waals surface area contributed by atoms with Gasteiger partial charge in [0.25, 0.3) is 11.8 Å². The van der Waals surface area contributed by atoms with Crippen molar-refractivity contribution < 1.29 is 9.59 Å². The molecule has 0 aromatic heterocycles. The first-order valence-corrected chi connectivity index (χ1v) is 11.2. The van der Waals surface area contributed by atoms with Gasteiger partial charge in [0, 0.05) is 52.4 Å². The van der Waals surface area contributed by atoms with Crippen LogP contribution in [0, 0.1) is 0 Å². The number of benzene rings is 2. The van der Waals surface area contributed by atoms with Gasteiger partial charge in [-0.1, -0.05) is 12.1 Å². The van der Waals surface area contributed by atoms with E-state index in [1.54, 1.807) is 45.0 Å². The first-order valence-electron chi connectivity index (χ1n) is 11.2. The van der Waals surface area contributed by atoms with Gasteiger partial charge in [-0.25, -0.2) is 0 Å². The van der Waals surface area contributed by atoms with Gasteiger partial charge in [0.2, 0.25) is 0 Å². The van der Waals surface area contributed by atoms with E-state index in [9.17, 15) is 9.59 Å². The maximum atomic E-state index is 12.7. The predicted molar refractivity (Wildman–Crippen MR) is 133 cm³/mol. The lowest BCUT2D eigenvalue weighted by molar-refractivity contribution is 0.0820. The molecule has 2 aromatic rings. The topological polar surface area (TPSA) is 105 Å². The molecule has 0 bridgehead atoms. The van der Waals surface area contributed by atoms with Gasteiger partial charge in [-0.05, 0) is 72.7 Å². The summed E-state index contributed by atoms with van der Waals surface area (Å²) in [4.78, 5) is 32.9. The predicted octanol–water partition coefficient (Wildman–Crippen LogP) is 2.20. The van der Waals surface area contributed by atoms with Crippen LogP contribution in [0.25, 0.3) is 0 Å². The molecule has 4 N–H and O–H groups in total. The fourth-order valence-electron chi connectivity index (χ4n) is 4.90. The zero-order valence-electron chi connectivity index (χ0n) is 20.5. The van der Waals surface area contributed by atoms with E-state index < -0.39 is 5.41 Å². The average Bonchev–Trinajstić information content (AvgIpc) is 2.91. The van der Waals surface area contributed by atoms with Crippen molar-refractivity contribution in [2.45, 2.75) is 37.6 Å². The van der Waals surface area contributed by atoms with Gasteiger partial charge in [-0.3, -0.25) is 14.6 Å². The minimum absolute atomic E-state index is 0.0478. The second-order valence-electron chi connectivity index (χ2n) is 9.34. The van der Waals surface area contributed by atoms with Crippen LogP contribution in [0.1, 0.15) is 56.3 Å². The maximum Gasteiger partial charge on any atom is 0.253 e. The highest BCUT2D eigenvalue weighted by atomic mass is 16.2. The number of nitrogens with zero attached hydrogens (tertiary/aromatic N) is 3. The molecule has 1 atom stereocenters. The van der Waals surface area contributed by atoms with Crippen molar-refractivity contribution in [1.82, 2.24) is 9.80 Å². The van der Waals surface area contributed by atoms with E-state index in [2.05, 4.69) is 4.99 Å². The Hall–Kier alpha value is -3.19. The highest BCUT2D eigenvalue weighted by molar-refractivity contribution is 5.99. The lowest BCUT2D eigenvalue weighted by atomic mass is 9.67. The normalized spacial score (nSPS) is 15.7. The average molecular weight is 450 g/mol. The van der Waals surface area contributed by atoms with E-state index in [-0.39, 0.29) is 17.9 Å². The molecule has 7 nitrogen and oxygen atoms in total. The Morgan fingerprint density at radius 2 is 1.36 bits per heavy atom. The summed E-state index contributed by atoms with van der Waals surface area (Å²) in [6, 6.07) is 11.5. The largest absolute Gasteiger partial charge is 0.386 e. The van der Waals surface area contributed by atoms with Crippen molar-refractivity contribution in [2.75, 3.05) is 35.2 Å². The van der Waals surface area contributed by atoms with Gasteiger partial charge in [0.1, 0.15) is 5.84 Å². The molecule has 0 fully saturated rings. The fraction of sp³-hybridized carbons (Fsp3) is 0.423. The fourth-order valence-corrected chi connectivity index (χ4v) is 4.90. The molecule has 0 aliphatic heterocycles. The maximum absolute atomic E-state index is 12.7. The minimum atomic E-state index is -0.747. The minimum Gasteiger partial charge on any atom is -0.386 e. The highest BCUT2D eigenvalue weighted by Gasteiger charge is 2.43. The Kier molecular flexibility index (Phi) is 6.93. The summed E-state index contributed by atoms with van der Waals surface area (Å²) in [6.07, 6.45) is 1.99. The standard InChI is InChI=1S/C26H35N5O2/c1-16(27)15-26(25(28)29-2)21-11-9-19(23(32)30(3)4)13-17(21)7-8-18-14-20(10-12-22(18)26)24(33)31(5)6/h9-14,16H,7-8,15,27H2,1-6H3,(H2,28,29)/t16-/m0/s1. The molecule has 1 aliphatic rings. The zero-order chi connectivity index (χ0) is 24.5. The molecule has 0 spiro atoms. The second kappa shape index (κ2) is 9.35. The number of amides is 2. The van der Waals surface area contributed by atoms with Gasteiger partial charge in [-0.2, -0.15) is 0 Å². The number of amidine groups is 1. The van der Waals surface area contributed by atoms with Crippen LogP contribution in [0.4, 0.5) is 0 Å². The summed E-state index contributed by atoms with van der Waals surface area (Å²) in [5.74, 6) is 0.379. The molecule has 2 aromatic carbocycles. The van der Waals surface area contributed by atoms with E-state index >= 15 is 0 Å². The quantitative estimate of drug-likeness (QED) is 0.539. The second-order valence-corrected chi connectivity index (χ2v) is 9.34. The molecular formula is C26H35N5O2. The van der Waals surface area contributed by atoms with Crippen LogP contribution in [-0.2, 0) is 18.3 Å². The van der Waals surface area contributed by atoms with Gasteiger partial charge >= 0.3 is 0 Å². The van der Waals surface area contributed by atoms with Crippen molar-refractivity contribution in [3.63, 3.8) is 0 Å². The lowest BCUT2D eigenvalue weighted by Gasteiger charge is -2.37. The SMILES string of the molecule is CN=C(N)C1(C[C@H](C)N)c2ccc(C(=O)N(C)C)cc2CCc2cc(C(=O)N(C)C)ccc21. The molecule has 0 radical (unpaired) electrons. The summed E-state index contributed by atoms with van der Waals surface area (Å²) in [7, 11) is 8.67. The molecule has 0 saturated carbocycles. The first-order chi connectivity index (χ1) is 15.5. The monoisotopic (exact) mass is 449 g/mol. The van der Waals surface area contributed by atoms with Gasteiger partial charge in [-0.15, -0.1) is 0 Å². The number of fused-ring (bicyclic) bond motifs is 2. The van der Waals surface area contributed by atoms with E-state index in [0.29, 0.717) is 36.2 Å². The molecule has 0 heterocycles. The molecule has 7 heteroatoms. The van der Waals surface area contributed by atoms with E-state index in [1.807, 2.05) is 43.3 Å². The lowest BCUT2D eigenvalue weighted by Crippen LogP contribution is -2.46. The van der Waals surface area contributed by atoms with Crippen LogP contribution >= 0.6 is 0 Å². The van der Waals surface area contributed by atoms with Crippen LogP contribution in [-0.4, -0.2) is 68.7 Å². The Bertz CT molecular complexity index is 1030. The number of aliphatic imine (C=N–C) groups is 1. The molecular weight excluding hydrogens is 414 g/mol. The number of rotatable bonds is 5. The molecule has 0 unspecified atom stereocenters. The van der Waals surface area contributed by atoms with Crippen LogP contribution in [0.3, 0.4) is 0 Å². The van der Waals surface area contributed by atoms with Crippen molar-refractivity contribution in [1.29, 1.82) is 0 Å². The number of carbonyl (C=O) groups excluding carboxylic acids is 2. The zero-order valence-corrected chi connectivity index (χ0v) is 20.5. The van der Waals surface area contributed by atoms with E-state index in [0.717, 1.165) is 22.3 Å². The third-order valence-electron chi connectivity index (χ3n) is 6.41. The molecule has 0 saturated heterocycles. The number of carbonyl (C=O) groups is 2. The van der Waals surface area contributed by atoms with Crippen molar-refractivity contribution in [2.24, 2.45) is 16.5 Å².